The van der Waals surface area contributed by atoms with E-state index >= 15 is 0 Å². The zero-order valence-electron chi connectivity index (χ0n) is 21.9. The molecule has 0 fully saturated rings. The third-order valence-electron chi connectivity index (χ3n) is 7.73. The zero-order valence-corrected chi connectivity index (χ0v) is 25.9. The number of halogens is 8. The largest absolute Gasteiger partial charge is 1.00 e. The molecular formula is C33H21Cl2F6Zr. The molecule has 0 amide bonds. The van der Waals surface area contributed by atoms with Crippen molar-refractivity contribution in [3.8, 4) is 0 Å². The summed E-state index contributed by atoms with van der Waals surface area (Å²) in [6.45, 7) is 2.09. The minimum Gasteiger partial charge on any atom is -1.00 e. The maximum atomic E-state index is 13.9. The van der Waals surface area contributed by atoms with Gasteiger partial charge in [0.2, 0.25) is 0 Å². The summed E-state index contributed by atoms with van der Waals surface area (Å²) in [5.41, 5.74) is 5.18. The van der Waals surface area contributed by atoms with Gasteiger partial charge in [-0.3, -0.25) is 0 Å². The molecule has 42 heavy (non-hydrogen) atoms. The van der Waals surface area contributed by atoms with E-state index in [9.17, 15) is 26.3 Å². The topological polar surface area (TPSA) is 0 Å². The van der Waals surface area contributed by atoms with Crippen molar-refractivity contribution in [2.75, 3.05) is 0 Å². The van der Waals surface area contributed by atoms with Crippen molar-refractivity contribution >= 4 is 22.3 Å². The Hall–Kier alpha value is -2.60. The summed E-state index contributed by atoms with van der Waals surface area (Å²) in [5.74, 6) is -0.0226. The van der Waals surface area contributed by atoms with Crippen LogP contribution in [0.3, 0.4) is 0 Å². The fourth-order valence-electron chi connectivity index (χ4n) is 6.01. The summed E-state index contributed by atoms with van der Waals surface area (Å²) in [4.78, 5) is 0. The molecule has 4 aromatic rings. The standard InChI is InChI=1S/C33H21F6.2ClH.Zr/c1-19-25-12-7-8-14-27(25)31(29(19)20-9-3-2-4-10-20)30-26-13-6-5-11-21(26)17-28(30)22-15-23(32(34,35)36)18-24(16-22)33(37,38)39;;;/h2-19H,1H3;2*1H;/q;;;+2/p-2. The second kappa shape index (κ2) is 11.8. The molecule has 4 aromatic carbocycles. The number of allylic oxidation sites excluding steroid dienone is 4. The summed E-state index contributed by atoms with van der Waals surface area (Å²) >= 11 is 0.977. The van der Waals surface area contributed by atoms with Crippen LogP contribution >= 0.6 is 0 Å². The molecule has 2 atom stereocenters. The molecular weight excluding hydrogens is 672 g/mol. The fourth-order valence-corrected chi connectivity index (χ4v) is 7.40. The number of rotatable bonds is 3. The molecule has 0 aliphatic heterocycles. The van der Waals surface area contributed by atoms with Gasteiger partial charge in [0, 0.05) is 0 Å². The van der Waals surface area contributed by atoms with Gasteiger partial charge in [-0.05, 0) is 0 Å². The summed E-state index contributed by atoms with van der Waals surface area (Å²) in [6, 6.07) is 27.2. The molecule has 2 aliphatic carbocycles. The van der Waals surface area contributed by atoms with Crippen LogP contribution in [0.2, 0.25) is 0 Å². The Morgan fingerprint density at radius 3 is 1.55 bits per heavy atom. The number of hydrogen-bond acceptors (Lipinski definition) is 0. The van der Waals surface area contributed by atoms with E-state index in [4.69, 9.17) is 0 Å². The monoisotopic (exact) mass is 691 g/mol. The molecule has 213 valence electrons. The molecule has 2 unspecified atom stereocenters. The predicted molar refractivity (Wildman–Crippen MR) is 141 cm³/mol. The van der Waals surface area contributed by atoms with E-state index in [1.54, 1.807) is 0 Å². The molecule has 0 radical (unpaired) electrons. The van der Waals surface area contributed by atoms with Gasteiger partial charge >= 0.3 is 244 Å². The van der Waals surface area contributed by atoms with E-state index in [0.717, 1.165) is 75.8 Å². The molecule has 0 aromatic heterocycles. The summed E-state index contributed by atoms with van der Waals surface area (Å²) in [7, 11) is 0. The minimum absolute atomic E-state index is 0. The normalized spacial score (nSPS) is 17.9. The van der Waals surface area contributed by atoms with Gasteiger partial charge in [-0.15, -0.1) is 0 Å². The zero-order chi connectivity index (χ0) is 28.4. The SMILES string of the molecule is CC1C(c2ccccc2)=C(C2=C(c3cc(C(F)(F)F)cc(C(F)(F)F)c3)[CH]([Zr+2])c3ccccc32)c2ccccc21.[Cl-].[Cl-]. The Labute approximate surface area is 267 Å². The van der Waals surface area contributed by atoms with Crippen molar-refractivity contribution in [1.82, 2.24) is 0 Å². The first-order valence-corrected chi connectivity index (χ1v) is 14.1. The Balaban J connectivity index is 0.00000202. The van der Waals surface area contributed by atoms with Crippen LogP contribution in [-0.2, 0) is 37.1 Å². The van der Waals surface area contributed by atoms with Crippen molar-refractivity contribution in [3.63, 3.8) is 0 Å². The van der Waals surface area contributed by atoms with Crippen molar-refractivity contribution in [1.29, 1.82) is 0 Å². The first-order valence-electron chi connectivity index (χ1n) is 12.7. The van der Waals surface area contributed by atoms with Gasteiger partial charge in [0.15, 0.2) is 0 Å². The third-order valence-corrected chi connectivity index (χ3v) is 9.21. The van der Waals surface area contributed by atoms with Crippen molar-refractivity contribution in [2.24, 2.45) is 0 Å². The third kappa shape index (κ3) is 5.45. The van der Waals surface area contributed by atoms with Gasteiger partial charge in [-0.2, -0.15) is 0 Å². The number of alkyl halides is 6. The Morgan fingerprint density at radius 1 is 0.548 bits per heavy atom. The van der Waals surface area contributed by atoms with Crippen LogP contribution in [-0.4, -0.2) is 0 Å². The maximum absolute atomic E-state index is 13.9. The van der Waals surface area contributed by atoms with Crippen LogP contribution in [0.15, 0.2) is 97.1 Å². The molecule has 6 rings (SSSR count). The maximum Gasteiger partial charge on any atom is -1.00 e. The summed E-state index contributed by atoms with van der Waals surface area (Å²) in [5, 5.41) is 0. The second-order valence-corrected chi connectivity index (χ2v) is 11.5. The first kappa shape index (κ1) is 32.3. The van der Waals surface area contributed by atoms with E-state index in [2.05, 4.69) is 6.92 Å². The van der Waals surface area contributed by atoms with Crippen LogP contribution in [0, 0.1) is 0 Å². The van der Waals surface area contributed by atoms with E-state index in [-0.39, 0.29) is 46.0 Å². The quantitative estimate of drug-likeness (QED) is 0.285. The van der Waals surface area contributed by atoms with Crippen LogP contribution in [0.5, 0.6) is 0 Å². The molecule has 0 saturated heterocycles. The predicted octanol–water partition coefficient (Wildman–Crippen LogP) is 3.97. The molecule has 0 heterocycles. The molecule has 2 aliphatic rings. The molecule has 9 heteroatoms. The van der Waals surface area contributed by atoms with E-state index < -0.39 is 23.5 Å². The van der Waals surface area contributed by atoms with Crippen molar-refractivity contribution < 1.29 is 75.9 Å². The molecule has 0 bridgehead atoms. The van der Waals surface area contributed by atoms with Crippen LogP contribution < -0.4 is 24.8 Å². The molecule has 0 spiro atoms. The number of benzene rings is 4. The molecule has 0 saturated carbocycles. The Bertz CT molecular complexity index is 1670. The Kier molecular flexibility index (Phi) is 9.10. The number of hydrogen-bond donors (Lipinski definition) is 0. The van der Waals surface area contributed by atoms with E-state index in [0.29, 0.717) is 11.1 Å². The summed E-state index contributed by atoms with van der Waals surface area (Å²) < 4.78 is 83.2. The van der Waals surface area contributed by atoms with Crippen LogP contribution in [0.1, 0.15) is 61.0 Å². The van der Waals surface area contributed by atoms with Gasteiger partial charge in [0.05, 0.1) is 0 Å². The smallest absolute Gasteiger partial charge is 1.00 e. The minimum atomic E-state index is -4.93. The summed E-state index contributed by atoms with van der Waals surface area (Å²) in [6.07, 6.45) is -9.86. The van der Waals surface area contributed by atoms with Gasteiger partial charge in [-0.25, -0.2) is 0 Å². The van der Waals surface area contributed by atoms with Gasteiger partial charge in [0.25, 0.3) is 0 Å². The van der Waals surface area contributed by atoms with E-state index in [1.807, 2.05) is 78.9 Å². The fraction of sp³-hybridized carbons (Fsp3) is 0.152. The van der Waals surface area contributed by atoms with E-state index in [1.165, 1.54) is 0 Å². The van der Waals surface area contributed by atoms with Gasteiger partial charge in [-0.1, -0.05) is 0 Å². The Morgan fingerprint density at radius 2 is 1.00 bits per heavy atom. The average molecular weight is 694 g/mol. The second-order valence-electron chi connectivity index (χ2n) is 10.1. The van der Waals surface area contributed by atoms with Crippen molar-refractivity contribution in [2.45, 2.75) is 28.8 Å². The van der Waals surface area contributed by atoms with Gasteiger partial charge in [0.1, 0.15) is 0 Å². The first-order chi connectivity index (χ1) is 19.0. The molecule has 0 N–H and O–H groups in total. The van der Waals surface area contributed by atoms with Crippen LogP contribution in [0.25, 0.3) is 22.3 Å². The van der Waals surface area contributed by atoms with Crippen molar-refractivity contribution in [3.05, 3.63) is 142 Å². The average Bonchev–Trinajstić information content (AvgIpc) is 3.38. The molecule has 0 nitrogen and oxygen atoms in total. The number of fused-ring (bicyclic) bond motifs is 2. The van der Waals surface area contributed by atoms with Gasteiger partial charge < -0.3 is 24.8 Å². The van der Waals surface area contributed by atoms with Crippen LogP contribution in [0.4, 0.5) is 26.3 Å².